The first-order valence-electron chi connectivity index (χ1n) is 17.8. The molecule has 4 aliphatic rings. The summed E-state index contributed by atoms with van der Waals surface area (Å²) in [6, 6.07) is 0. The number of rotatable bonds is 16. The van der Waals surface area contributed by atoms with Gasteiger partial charge in [0.25, 0.3) is 0 Å². The number of nitrogens with one attached hydrogen (secondary N) is 1. The van der Waals surface area contributed by atoms with E-state index in [4.69, 9.17) is 14.2 Å². The Labute approximate surface area is 262 Å². The summed E-state index contributed by atoms with van der Waals surface area (Å²) >= 11 is 0. The lowest BCUT2D eigenvalue weighted by Gasteiger charge is -2.58. The van der Waals surface area contributed by atoms with E-state index in [1.165, 1.54) is 51.4 Å². The monoisotopic (exact) mass is 601 g/mol. The third-order valence-corrected chi connectivity index (χ3v) is 12.3. The smallest absolute Gasteiger partial charge is 0.306 e. The number of methoxy groups -OCH3 is 1. The van der Waals surface area contributed by atoms with Crippen molar-refractivity contribution in [2.45, 2.75) is 131 Å². The van der Waals surface area contributed by atoms with Crippen molar-refractivity contribution in [3.8, 4) is 0 Å². The zero-order valence-electron chi connectivity index (χ0n) is 28.4. The van der Waals surface area contributed by atoms with Crippen LogP contribution in [0.3, 0.4) is 0 Å². The second-order valence-electron chi connectivity index (χ2n) is 15.5. The maximum Gasteiger partial charge on any atom is 0.306 e. The minimum atomic E-state index is -0.242. The molecule has 0 aromatic heterocycles. The van der Waals surface area contributed by atoms with Crippen LogP contribution in [0.25, 0.3) is 0 Å². The van der Waals surface area contributed by atoms with Gasteiger partial charge >= 0.3 is 5.97 Å². The van der Waals surface area contributed by atoms with Crippen molar-refractivity contribution < 1.29 is 23.8 Å². The first-order chi connectivity index (χ1) is 20.6. The minimum Gasteiger partial charge on any atom is -0.462 e. The van der Waals surface area contributed by atoms with E-state index in [0.717, 1.165) is 61.2 Å². The van der Waals surface area contributed by atoms with E-state index in [0.29, 0.717) is 31.8 Å². The molecule has 3 saturated carbocycles. The average molecular weight is 602 g/mol. The summed E-state index contributed by atoms with van der Waals surface area (Å²) < 4.78 is 16.3. The Morgan fingerprint density at radius 1 is 0.953 bits per heavy atom. The summed E-state index contributed by atoms with van der Waals surface area (Å²) in [7, 11) is 1.65. The van der Waals surface area contributed by atoms with Crippen LogP contribution >= 0.6 is 0 Å². The third-order valence-electron chi connectivity index (χ3n) is 12.3. The first kappa shape index (κ1) is 34.5. The number of ether oxygens (including phenoxy) is 3. The van der Waals surface area contributed by atoms with E-state index in [1.54, 1.807) is 12.7 Å². The van der Waals surface area contributed by atoms with Gasteiger partial charge in [0.1, 0.15) is 6.10 Å². The van der Waals surface area contributed by atoms with Crippen LogP contribution in [0.15, 0.2) is 11.6 Å². The van der Waals surface area contributed by atoms with E-state index in [2.05, 4.69) is 46.0 Å². The molecule has 43 heavy (non-hydrogen) atoms. The molecule has 4 rings (SSSR count). The highest BCUT2D eigenvalue weighted by molar-refractivity contribution is 5.81. The highest BCUT2D eigenvalue weighted by Gasteiger charge is 2.59. The summed E-state index contributed by atoms with van der Waals surface area (Å²) in [6.45, 7) is 14.7. The van der Waals surface area contributed by atoms with Crippen LogP contribution in [0.4, 0.5) is 0 Å². The second kappa shape index (κ2) is 15.7. The molecular formula is C37H63NO5. The van der Waals surface area contributed by atoms with Gasteiger partial charge in [0, 0.05) is 33.1 Å². The number of fused-ring (bicyclic) bond motifs is 5. The molecule has 0 aliphatic heterocycles. The summed E-state index contributed by atoms with van der Waals surface area (Å²) in [6.07, 6.45) is 17.5. The van der Waals surface area contributed by atoms with E-state index in [-0.39, 0.29) is 36.2 Å². The molecule has 0 aromatic rings. The SMILES string of the molecule is COCCOCCCNC(=O)CCC(=O)O[C@H]1CC[C@@]2(C)C(=CC[C@H]3[C@@H]4CC[C@H](C(C)CCCC(C)C)[C@@]4(C)CC[C@@H]32)C1. The van der Waals surface area contributed by atoms with E-state index >= 15 is 0 Å². The van der Waals surface area contributed by atoms with Gasteiger partial charge in [0.15, 0.2) is 0 Å². The third kappa shape index (κ3) is 8.45. The Morgan fingerprint density at radius 2 is 1.77 bits per heavy atom. The molecule has 0 saturated heterocycles. The molecular weight excluding hydrogens is 538 g/mol. The number of allylic oxidation sites excluding steroid dienone is 1. The largest absolute Gasteiger partial charge is 0.462 e. The lowest BCUT2D eigenvalue weighted by atomic mass is 9.47. The van der Waals surface area contributed by atoms with Gasteiger partial charge in [-0.3, -0.25) is 9.59 Å². The molecule has 0 heterocycles. The number of hydrogen-bond donors (Lipinski definition) is 1. The van der Waals surface area contributed by atoms with Gasteiger partial charge in [-0.05, 0) is 97.7 Å². The number of hydrogen-bond acceptors (Lipinski definition) is 5. The molecule has 0 aromatic carbocycles. The van der Waals surface area contributed by atoms with Crippen LogP contribution in [0, 0.1) is 46.3 Å². The summed E-state index contributed by atoms with van der Waals surface area (Å²) in [4.78, 5) is 24.8. The molecule has 0 spiro atoms. The minimum absolute atomic E-state index is 0.0490. The van der Waals surface area contributed by atoms with Crippen molar-refractivity contribution in [2.75, 3.05) is 33.5 Å². The zero-order chi connectivity index (χ0) is 31.0. The maximum absolute atomic E-state index is 12.7. The standard InChI is InChI=1S/C37H63NO5/c1-26(2)9-7-10-27(3)31-13-14-32-30-12-11-28-25-29(17-19-36(28,4)33(30)18-20-37(31,32)5)43-35(40)16-15-34(39)38-21-8-22-42-24-23-41-6/h11,26-27,29-33H,7-10,12-25H2,1-6H3,(H,38,39)/t27?,29-,30-,31+,32-,33-,36-,37+/m0/s1. The Balaban J connectivity index is 1.23. The molecule has 0 bridgehead atoms. The van der Waals surface area contributed by atoms with Gasteiger partial charge in [-0.25, -0.2) is 0 Å². The molecule has 1 unspecified atom stereocenters. The number of carbonyl (C=O) groups excluding carboxylic acids is 2. The van der Waals surface area contributed by atoms with Crippen LogP contribution in [0.5, 0.6) is 0 Å². The van der Waals surface area contributed by atoms with E-state index in [1.807, 2.05) is 0 Å². The van der Waals surface area contributed by atoms with Crippen molar-refractivity contribution in [3.63, 3.8) is 0 Å². The average Bonchev–Trinajstić information content (AvgIpc) is 3.33. The fraction of sp³-hybridized carbons (Fsp3) is 0.892. The molecule has 3 fully saturated rings. The molecule has 1 N–H and O–H groups in total. The molecule has 4 aliphatic carbocycles. The second-order valence-corrected chi connectivity index (χ2v) is 15.5. The van der Waals surface area contributed by atoms with Crippen LogP contribution < -0.4 is 5.32 Å². The van der Waals surface area contributed by atoms with Crippen molar-refractivity contribution in [3.05, 3.63) is 11.6 Å². The Hall–Kier alpha value is -1.40. The number of carbonyl (C=O) groups is 2. The van der Waals surface area contributed by atoms with Gasteiger partial charge in [0.05, 0.1) is 19.6 Å². The van der Waals surface area contributed by atoms with Crippen LogP contribution in [0.2, 0.25) is 0 Å². The zero-order valence-corrected chi connectivity index (χ0v) is 28.4. The first-order valence-corrected chi connectivity index (χ1v) is 17.8. The number of amides is 1. The van der Waals surface area contributed by atoms with E-state index in [9.17, 15) is 9.59 Å². The molecule has 1 amide bonds. The summed E-state index contributed by atoms with van der Waals surface area (Å²) in [5, 5.41) is 2.87. The predicted molar refractivity (Wildman–Crippen MR) is 172 cm³/mol. The Morgan fingerprint density at radius 3 is 2.53 bits per heavy atom. The summed E-state index contributed by atoms with van der Waals surface area (Å²) in [5.41, 5.74) is 2.31. The van der Waals surface area contributed by atoms with Crippen molar-refractivity contribution in [1.29, 1.82) is 0 Å². The normalized spacial score (nSPS) is 34.1. The molecule has 246 valence electrons. The molecule has 0 radical (unpaired) electrons. The van der Waals surface area contributed by atoms with Gasteiger partial charge in [-0.1, -0.05) is 65.5 Å². The Bertz CT molecular complexity index is 947. The highest BCUT2D eigenvalue weighted by Crippen LogP contribution is 2.67. The predicted octanol–water partition coefficient (Wildman–Crippen LogP) is 7.89. The van der Waals surface area contributed by atoms with Gasteiger partial charge in [-0.2, -0.15) is 0 Å². The summed E-state index contributed by atoms with van der Waals surface area (Å²) in [5.74, 6) is 4.66. The lowest BCUT2D eigenvalue weighted by Crippen LogP contribution is -2.51. The molecule has 6 heteroatoms. The maximum atomic E-state index is 12.7. The molecule has 6 nitrogen and oxygen atoms in total. The fourth-order valence-corrected chi connectivity index (χ4v) is 9.95. The Kier molecular flexibility index (Phi) is 12.6. The van der Waals surface area contributed by atoms with Crippen molar-refractivity contribution in [2.24, 2.45) is 46.3 Å². The van der Waals surface area contributed by atoms with E-state index < -0.39 is 0 Å². The van der Waals surface area contributed by atoms with Crippen LogP contribution in [-0.4, -0.2) is 51.5 Å². The number of esters is 1. The van der Waals surface area contributed by atoms with Crippen molar-refractivity contribution in [1.82, 2.24) is 5.32 Å². The fourth-order valence-electron chi connectivity index (χ4n) is 9.95. The van der Waals surface area contributed by atoms with Crippen LogP contribution in [-0.2, 0) is 23.8 Å². The highest BCUT2D eigenvalue weighted by atomic mass is 16.5. The van der Waals surface area contributed by atoms with Gasteiger partial charge in [0.2, 0.25) is 5.91 Å². The topological polar surface area (TPSA) is 73.9 Å². The van der Waals surface area contributed by atoms with Crippen molar-refractivity contribution >= 4 is 11.9 Å². The lowest BCUT2D eigenvalue weighted by molar-refractivity contribution is -0.152. The van der Waals surface area contributed by atoms with Crippen LogP contribution in [0.1, 0.15) is 125 Å². The quantitative estimate of drug-likeness (QED) is 0.111. The molecule has 8 atom stereocenters. The van der Waals surface area contributed by atoms with Gasteiger partial charge in [-0.15, -0.1) is 0 Å². The van der Waals surface area contributed by atoms with Gasteiger partial charge < -0.3 is 19.5 Å².